The first-order chi connectivity index (χ1) is 13.3. The van der Waals surface area contributed by atoms with Crippen LogP contribution < -0.4 is 5.32 Å². The summed E-state index contributed by atoms with van der Waals surface area (Å²) in [7, 11) is -1.92. The molecule has 1 aromatic heterocycles. The fourth-order valence-corrected chi connectivity index (χ4v) is 5.50. The predicted molar refractivity (Wildman–Crippen MR) is 104 cm³/mol. The second kappa shape index (κ2) is 8.89. The second-order valence-electron chi connectivity index (χ2n) is 7.66. The SMILES string of the molecule is Cc1c(S(=O)(=O)N2CCCC(C(=O)NCC(C)N3CCOCC3)C2)cnn1C. The Morgan fingerprint density at radius 3 is 2.71 bits per heavy atom. The van der Waals surface area contributed by atoms with Gasteiger partial charge in [0.25, 0.3) is 0 Å². The number of rotatable bonds is 6. The number of ether oxygens (including phenoxy) is 1. The Labute approximate surface area is 167 Å². The summed E-state index contributed by atoms with van der Waals surface area (Å²) >= 11 is 0. The standard InChI is InChI=1S/C18H31N5O4S/c1-14(22-7-9-27-10-8-22)11-19-18(24)16-5-4-6-23(13-16)28(25,26)17-12-20-21(3)15(17)2/h12,14,16H,4-11,13H2,1-3H3,(H,19,24). The molecule has 0 spiro atoms. The number of carbonyl (C=O) groups excluding carboxylic acids is 1. The van der Waals surface area contributed by atoms with Crippen LogP contribution in [0.5, 0.6) is 0 Å². The monoisotopic (exact) mass is 413 g/mol. The molecule has 0 bridgehead atoms. The van der Waals surface area contributed by atoms with Crippen LogP contribution in [0.15, 0.2) is 11.1 Å². The van der Waals surface area contributed by atoms with Gasteiger partial charge in [-0.1, -0.05) is 0 Å². The van der Waals surface area contributed by atoms with Gasteiger partial charge in [-0.15, -0.1) is 0 Å². The van der Waals surface area contributed by atoms with Crippen LogP contribution in [-0.4, -0.2) is 85.3 Å². The fraction of sp³-hybridized carbons (Fsp3) is 0.778. The number of piperidine rings is 1. The molecular formula is C18H31N5O4S. The van der Waals surface area contributed by atoms with E-state index in [0.29, 0.717) is 31.6 Å². The molecular weight excluding hydrogens is 382 g/mol. The van der Waals surface area contributed by atoms with Gasteiger partial charge in [0, 0.05) is 45.8 Å². The molecule has 2 fully saturated rings. The molecule has 0 radical (unpaired) electrons. The third-order valence-corrected chi connectivity index (χ3v) is 7.77. The molecule has 1 N–H and O–H groups in total. The normalized spacial score (nSPS) is 23.5. The van der Waals surface area contributed by atoms with E-state index in [0.717, 1.165) is 26.3 Å². The first kappa shape index (κ1) is 21.2. The molecule has 0 aromatic carbocycles. The van der Waals surface area contributed by atoms with Crippen LogP contribution in [0.3, 0.4) is 0 Å². The van der Waals surface area contributed by atoms with Crippen molar-refractivity contribution in [3.63, 3.8) is 0 Å². The summed E-state index contributed by atoms with van der Waals surface area (Å²) in [6, 6.07) is 0.231. The van der Waals surface area contributed by atoms with Gasteiger partial charge in [0.15, 0.2) is 0 Å². The first-order valence-corrected chi connectivity index (χ1v) is 11.3. The summed E-state index contributed by atoms with van der Waals surface area (Å²) in [5.74, 6) is -0.389. The highest BCUT2D eigenvalue weighted by molar-refractivity contribution is 7.89. The molecule has 1 amide bonds. The van der Waals surface area contributed by atoms with E-state index in [1.54, 1.807) is 18.7 Å². The number of nitrogens with one attached hydrogen (secondary N) is 1. The van der Waals surface area contributed by atoms with Crippen LogP contribution in [0.4, 0.5) is 0 Å². The minimum Gasteiger partial charge on any atom is -0.379 e. The third-order valence-electron chi connectivity index (χ3n) is 5.80. The zero-order valence-electron chi connectivity index (χ0n) is 16.9. The van der Waals surface area contributed by atoms with Gasteiger partial charge in [0.2, 0.25) is 15.9 Å². The maximum absolute atomic E-state index is 13.0. The van der Waals surface area contributed by atoms with Crippen LogP contribution in [0.1, 0.15) is 25.5 Å². The molecule has 3 rings (SSSR count). The predicted octanol–water partition coefficient (Wildman–Crippen LogP) is -0.0339. The number of amides is 1. The second-order valence-corrected chi connectivity index (χ2v) is 9.57. The van der Waals surface area contributed by atoms with Crippen molar-refractivity contribution in [2.45, 2.75) is 37.6 Å². The van der Waals surface area contributed by atoms with Crippen LogP contribution in [-0.2, 0) is 26.6 Å². The number of sulfonamides is 1. The lowest BCUT2D eigenvalue weighted by atomic mass is 9.99. The van der Waals surface area contributed by atoms with Crippen molar-refractivity contribution >= 4 is 15.9 Å². The highest BCUT2D eigenvalue weighted by Crippen LogP contribution is 2.25. The summed E-state index contributed by atoms with van der Waals surface area (Å²) in [4.78, 5) is 15.2. The summed E-state index contributed by atoms with van der Waals surface area (Å²) in [5.41, 5.74) is 0.603. The molecule has 2 unspecified atom stereocenters. The van der Waals surface area contributed by atoms with Gasteiger partial charge >= 0.3 is 0 Å². The van der Waals surface area contributed by atoms with Crippen LogP contribution in [0.25, 0.3) is 0 Å². The molecule has 0 aliphatic carbocycles. The topological polar surface area (TPSA) is 96.8 Å². The molecule has 2 aliphatic rings. The van der Waals surface area contributed by atoms with Crippen molar-refractivity contribution < 1.29 is 17.9 Å². The smallest absolute Gasteiger partial charge is 0.246 e. The zero-order chi connectivity index (χ0) is 20.3. The number of aromatic nitrogens is 2. The van der Waals surface area contributed by atoms with E-state index < -0.39 is 10.0 Å². The Hall–Kier alpha value is -1.49. The van der Waals surface area contributed by atoms with Crippen molar-refractivity contribution in [1.29, 1.82) is 0 Å². The van der Waals surface area contributed by atoms with Crippen molar-refractivity contribution in [2.24, 2.45) is 13.0 Å². The van der Waals surface area contributed by atoms with Gasteiger partial charge in [-0.3, -0.25) is 14.4 Å². The fourth-order valence-electron chi connectivity index (χ4n) is 3.79. The van der Waals surface area contributed by atoms with Gasteiger partial charge in [0.05, 0.1) is 31.0 Å². The first-order valence-electron chi connectivity index (χ1n) is 9.89. The lowest BCUT2D eigenvalue weighted by Gasteiger charge is -2.34. The van der Waals surface area contributed by atoms with Gasteiger partial charge in [-0.25, -0.2) is 8.42 Å². The lowest BCUT2D eigenvalue weighted by Crippen LogP contribution is -2.50. The number of nitrogens with zero attached hydrogens (tertiary/aromatic N) is 4. The van der Waals surface area contributed by atoms with E-state index >= 15 is 0 Å². The van der Waals surface area contributed by atoms with Crippen molar-refractivity contribution in [3.8, 4) is 0 Å². The molecule has 2 aliphatic heterocycles. The number of hydrogen-bond acceptors (Lipinski definition) is 6. The Bertz CT molecular complexity index is 788. The van der Waals surface area contributed by atoms with E-state index in [1.165, 1.54) is 10.5 Å². The van der Waals surface area contributed by atoms with Crippen LogP contribution >= 0.6 is 0 Å². The van der Waals surface area contributed by atoms with Gasteiger partial charge in [0.1, 0.15) is 4.90 Å². The maximum atomic E-state index is 13.0. The zero-order valence-corrected chi connectivity index (χ0v) is 17.7. The van der Waals surface area contributed by atoms with Gasteiger partial charge < -0.3 is 10.1 Å². The third kappa shape index (κ3) is 4.56. The number of hydrogen-bond donors (Lipinski definition) is 1. The average Bonchev–Trinajstić information content (AvgIpc) is 3.06. The van der Waals surface area contributed by atoms with Gasteiger partial charge in [-0.2, -0.15) is 9.40 Å². The minimum atomic E-state index is -3.64. The molecule has 28 heavy (non-hydrogen) atoms. The summed E-state index contributed by atoms with van der Waals surface area (Å²) in [6.07, 6.45) is 2.77. The summed E-state index contributed by atoms with van der Waals surface area (Å²) < 4.78 is 34.3. The Balaban J connectivity index is 1.58. The van der Waals surface area contributed by atoms with E-state index in [2.05, 4.69) is 22.2 Å². The van der Waals surface area contributed by atoms with E-state index in [4.69, 9.17) is 4.74 Å². The quantitative estimate of drug-likeness (QED) is 0.703. The molecule has 158 valence electrons. The molecule has 10 heteroatoms. The van der Waals surface area contributed by atoms with E-state index in [9.17, 15) is 13.2 Å². The summed E-state index contributed by atoms with van der Waals surface area (Å²) in [5, 5.41) is 7.06. The number of carbonyl (C=O) groups is 1. The molecule has 0 saturated carbocycles. The Morgan fingerprint density at radius 1 is 1.36 bits per heavy atom. The van der Waals surface area contributed by atoms with Crippen molar-refractivity contribution in [1.82, 2.24) is 24.3 Å². The molecule has 3 heterocycles. The van der Waals surface area contributed by atoms with Gasteiger partial charge in [-0.05, 0) is 26.7 Å². The van der Waals surface area contributed by atoms with Crippen molar-refractivity contribution in [2.75, 3.05) is 45.9 Å². The minimum absolute atomic E-state index is 0.0667. The highest BCUT2D eigenvalue weighted by Gasteiger charge is 2.35. The number of aryl methyl sites for hydroxylation is 1. The van der Waals surface area contributed by atoms with Crippen LogP contribution in [0, 0.1) is 12.8 Å². The molecule has 1 aromatic rings. The largest absolute Gasteiger partial charge is 0.379 e. The number of morpholine rings is 1. The molecule has 2 saturated heterocycles. The Morgan fingerprint density at radius 2 is 2.07 bits per heavy atom. The highest BCUT2D eigenvalue weighted by atomic mass is 32.2. The Kier molecular flexibility index (Phi) is 6.74. The molecule has 2 atom stereocenters. The maximum Gasteiger partial charge on any atom is 0.246 e. The van der Waals surface area contributed by atoms with E-state index in [1.807, 2.05) is 0 Å². The average molecular weight is 414 g/mol. The molecule has 9 nitrogen and oxygen atoms in total. The summed E-state index contributed by atoms with van der Waals surface area (Å²) in [6.45, 7) is 8.23. The lowest BCUT2D eigenvalue weighted by molar-refractivity contribution is -0.126. The van der Waals surface area contributed by atoms with E-state index in [-0.39, 0.29) is 29.3 Å². The van der Waals surface area contributed by atoms with Crippen molar-refractivity contribution in [3.05, 3.63) is 11.9 Å². The van der Waals surface area contributed by atoms with Crippen LogP contribution in [0.2, 0.25) is 0 Å².